The van der Waals surface area contributed by atoms with Gasteiger partial charge in [-0.05, 0) is 41.1 Å². The van der Waals surface area contributed by atoms with Crippen molar-refractivity contribution in [2.75, 3.05) is 7.05 Å². The average molecular weight is 360 g/mol. The molecule has 102 valence electrons. The summed E-state index contributed by atoms with van der Waals surface area (Å²) >= 11 is 4.91. The van der Waals surface area contributed by atoms with Crippen molar-refractivity contribution in [1.29, 1.82) is 0 Å². The lowest BCUT2D eigenvalue weighted by atomic mass is 10.2. The molecule has 0 spiro atoms. The number of aryl methyl sites for hydroxylation is 1. The number of benzene rings is 1. The molecule has 0 aliphatic rings. The maximum Gasteiger partial charge on any atom is 0.243 e. The number of rotatable bonds is 4. The van der Waals surface area contributed by atoms with Crippen LogP contribution in [0.2, 0.25) is 0 Å². The van der Waals surface area contributed by atoms with Crippen molar-refractivity contribution in [3.05, 3.63) is 50.6 Å². The highest BCUT2D eigenvalue weighted by Crippen LogP contribution is 2.23. The second kappa shape index (κ2) is 5.75. The normalized spacial score (nSPS) is 12.0. The molecule has 0 saturated heterocycles. The van der Waals surface area contributed by atoms with E-state index in [0.717, 1.165) is 14.9 Å². The van der Waals surface area contributed by atoms with Crippen LogP contribution in [-0.2, 0) is 16.6 Å². The van der Waals surface area contributed by atoms with Gasteiger partial charge in [0, 0.05) is 28.3 Å². The molecule has 19 heavy (non-hydrogen) atoms. The van der Waals surface area contributed by atoms with Gasteiger partial charge in [0.1, 0.15) is 0 Å². The van der Waals surface area contributed by atoms with Gasteiger partial charge in [-0.15, -0.1) is 11.3 Å². The highest BCUT2D eigenvalue weighted by Gasteiger charge is 2.21. The number of nitrogens with zero attached hydrogens (tertiary/aromatic N) is 1. The van der Waals surface area contributed by atoms with E-state index >= 15 is 0 Å². The molecule has 1 aromatic carbocycles. The molecule has 0 fully saturated rings. The summed E-state index contributed by atoms with van der Waals surface area (Å²) < 4.78 is 27.1. The molecule has 0 radical (unpaired) electrons. The Morgan fingerprint density at radius 3 is 2.42 bits per heavy atom. The topological polar surface area (TPSA) is 37.4 Å². The van der Waals surface area contributed by atoms with E-state index in [0.29, 0.717) is 11.4 Å². The highest BCUT2D eigenvalue weighted by molar-refractivity contribution is 9.10. The Labute approximate surface area is 126 Å². The SMILES string of the molecule is Cc1ccc(S(=O)(=O)N(C)Cc2cc(Br)cs2)cc1. The monoisotopic (exact) mass is 359 g/mol. The van der Waals surface area contributed by atoms with Crippen molar-refractivity contribution < 1.29 is 8.42 Å². The fourth-order valence-corrected chi connectivity index (χ4v) is 4.37. The number of hydrogen-bond donors (Lipinski definition) is 0. The zero-order valence-corrected chi connectivity index (χ0v) is 13.8. The summed E-state index contributed by atoms with van der Waals surface area (Å²) in [5.41, 5.74) is 1.05. The first-order chi connectivity index (χ1) is 8.89. The predicted molar refractivity (Wildman–Crippen MR) is 81.9 cm³/mol. The third kappa shape index (κ3) is 3.45. The molecular formula is C13H14BrNO2S2. The third-order valence-electron chi connectivity index (χ3n) is 2.73. The maximum absolute atomic E-state index is 12.4. The minimum atomic E-state index is -3.42. The quantitative estimate of drug-likeness (QED) is 0.835. The van der Waals surface area contributed by atoms with Gasteiger partial charge in [0.25, 0.3) is 0 Å². The fraction of sp³-hybridized carbons (Fsp3) is 0.231. The number of thiophene rings is 1. The van der Waals surface area contributed by atoms with Crippen LogP contribution in [0.1, 0.15) is 10.4 Å². The lowest BCUT2D eigenvalue weighted by molar-refractivity contribution is 0.469. The first kappa shape index (κ1) is 14.7. The summed E-state index contributed by atoms with van der Waals surface area (Å²) in [5, 5.41) is 1.95. The molecule has 0 saturated carbocycles. The van der Waals surface area contributed by atoms with Gasteiger partial charge < -0.3 is 0 Å². The summed E-state index contributed by atoms with van der Waals surface area (Å²) in [6, 6.07) is 8.84. The summed E-state index contributed by atoms with van der Waals surface area (Å²) in [5.74, 6) is 0. The Kier molecular flexibility index (Phi) is 4.45. The summed E-state index contributed by atoms with van der Waals surface area (Å²) in [7, 11) is -1.82. The van der Waals surface area contributed by atoms with Crippen LogP contribution in [0.4, 0.5) is 0 Å². The van der Waals surface area contributed by atoms with Gasteiger partial charge in [0.15, 0.2) is 0 Å². The minimum absolute atomic E-state index is 0.330. The molecule has 0 amide bonds. The predicted octanol–water partition coefficient (Wildman–Crippen LogP) is 3.64. The van der Waals surface area contributed by atoms with Crippen LogP contribution in [0.25, 0.3) is 0 Å². The van der Waals surface area contributed by atoms with Crippen LogP contribution in [0.15, 0.2) is 45.1 Å². The minimum Gasteiger partial charge on any atom is -0.207 e. The van der Waals surface area contributed by atoms with E-state index in [4.69, 9.17) is 0 Å². The molecular weight excluding hydrogens is 346 g/mol. The number of hydrogen-bond acceptors (Lipinski definition) is 3. The largest absolute Gasteiger partial charge is 0.243 e. The van der Waals surface area contributed by atoms with Crippen molar-refractivity contribution in [3.63, 3.8) is 0 Å². The number of halogens is 1. The van der Waals surface area contributed by atoms with Crippen LogP contribution in [0.5, 0.6) is 0 Å². The van der Waals surface area contributed by atoms with Crippen LogP contribution in [-0.4, -0.2) is 19.8 Å². The van der Waals surface area contributed by atoms with E-state index in [9.17, 15) is 8.42 Å². The van der Waals surface area contributed by atoms with Gasteiger partial charge in [-0.2, -0.15) is 4.31 Å². The van der Waals surface area contributed by atoms with Crippen LogP contribution in [0, 0.1) is 6.92 Å². The average Bonchev–Trinajstić information content (AvgIpc) is 2.75. The molecule has 0 bridgehead atoms. The zero-order chi connectivity index (χ0) is 14.0. The molecule has 1 aromatic heterocycles. The lowest BCUT2D eigenvalue weighted by Crippen LogP contribution is -2.26. The van der Waals surface area contributed by atoms with Crippen molar-refractivity contribution in [3.8, 4) is 0 Å². The van der Waals surface area contributed by atoms with E-state index in [-0.39, 0.29) is 0 Å². The van der Waals surface area contributed by atoms with Crippen LogP contribution < -0.4 is 0 Å². The lowest BCUT2D eigenvalue weighted by Gasteiger charge is -2.16. The zero-order valence-electron chi connectivity index (χ0n) is 10.6. The molecule has 3 nitrogen and oxygen atoms in total. The third-order valence-corrected chi connectivity index (χ3v) is 6.23. The molecule has 0 atom stereocenters. The van der Waals surface area contributed by atoms with E-state index in [1.165, 1.54) is 15.6 Å². The Balaban J connectivity index is 2.21. The number of sulfonamides is 1. The van der Waals surface area contributed by atoms with Crippen molar-refractivity contribution in [2.45, 2.75) is 18.4 Å². The van der Waals surface area contributed by atoms with Crippen molar-refractivity contribution in [2.24, 2.45) is 0 Å². The Hall–Kier alpha value is -0.690. The van der Waals surface area contributed by atoms with E-state index in [2.05, 4.69) is 15.9 Å². The molecule has 0 aliphatic carbocycles. The van der Waals surface area contributed by atoms with Crippen LogP contribution in [0.3, 0.4) is 0 Å². The van der Waals surface area contributed by atoms with Gasteiger partial charge in [-0.25, -0.2) is 8.42 Å². The molecule has 0 unspecified atom stereocenters. The second-order valence-electron chi connectivity index (χ2n) is 4.31. The maximum atomic E-state index is 12.4. The molecule has 0 aliphatic heterocycles. The van der Waals surface area contributed by atoms with Gasteiger partial charge in [-0.3, -0.25) is 0 Å². The van der Waals surface area contributed by atoms with E-state index in [1.807, 2.05) is 30.5 Å². The summed E-state index contributed by atoms with van der Waals surface area (Å²) in [6.07, 6.45) is 0. The summed E-state index contributed by atoms with van der Waals surface area (Å²) in [6.45, 7) is 2.32. The van der Waals surface area contributed by atoms with Gasteiger partial charge >= 0.3 is 0 Å². The first-order valence-electron chi connectivity index (χ1n) is 5.65. The van der Waals surface area contributed by atoms with Crippen molar-refractivity contribution >= 4 is 37.3 Å². The van der Waals surface area contributed by atoms with Gasteiger partial charge in [0.05, 0.1) is 4.90 Å². The Bertz CT molecular complexity index is 662. The second-order valence-corrected chi connectivity index (χ2v) is 8.26. The van der Waals surface area contributed by atoms with Crippen LogP contribution >= 0.6 is 27.3 Å². The fourth-order valence-electron chi connectivity index (χ4n) is 1.63. The standard InChI is InChI=1S/C13H14BrNO2S2/c1-10-3-5-13(6-4-10)19(16,17)15(2)8-12-7-11(14)9-18-12/h3-7,9H,8H2,1-2H3. The van der Waals surface area contributed by atoms with Gasteiger partial charge in [0.2, 0.25) is 10.0 Å². The molecule has 2 aromatic rings. The van der Waals surface area contributed by atoms with E-state index in [1.54, 1.807) is 19.2 Å². The summed E-state index contributed by atoms with van der Waals surface area (Å²) in [4.78, 5) is 1.33. The first-order valence-corrected chi connectivity index (χ1v) is 8.77. The molecule has 2 rings (SSSR count). The molecule has 0 N–H and O–H groups in total. The molecule has 1 heterocycles. The Morgan fingerprint density at radius 1 is 1.26 bits per heavy atom. The van der Waals surface area contributed by atoms with Crippen molar-refractivity contribution in [1.82, 2.24) is 4.31 Å². The van der Waals surface area contributed by atoms with E-state index < -0.39 is 10.0 Å². The smallest absolute Gasteiger partial charge is 0.207 e. The highest BCUT2D eigenvalue weighted by atomic mass is 79.9. The Morgan fingerprint density at radius 2 is 1.89 bits per heavy atom. The molecule has 6 heteroatoms. The van der Waals surface area contributed by atoms with Gasteiger partial charge in [-0.1, -0.05) is 17.7 Å².